The molecule has 2 aromatic rings. The molecular weight excluding hydrogens is 274 g/mol. The van der Waals surface area contributed by atoms with Crippen LogP contribution in [0.1, 0.15) is 11.3 Å². The summed E-state index contributed by atoms with van der Waals surface area (Å²) in [6.45, 7) is 1.37. The molecule has 1 aromatic heterocycles. The Morgan fingerprint density at radius 3 is 2.55 bits per heavy atom. The van der Waals surface area contributed by atoms with Gasteiger partial charge in [-0.1, -0.05) is 29.8 Å². The van der Waals surface area contributed by atoms with Crippen molar-refractivity contribution in [3.05, 3.63) is 64.9 Å². The lowest BCUT2D eigenvalue weighted by atomic mass is 9.88. The highest BCUT2D eigenvalue weighted by Gasteiger charge is 2.40. The van der Waals surface area contributed by atoms with Gasteiger partial charge in [-0.3, -0.25) is 9.98 Å². The van der Waals surface area contributed by atoms with Crippen LogP contribution in [0.5, 0.6) is 0 Å². The van der Waals surface area contributed by atoms with Crippen molar-refractivity contribution in [1.29, 1.82) is 0 Å². The molecule has 0 bridgehead atoms. The van der Waals surface area contributed by atoms with Gasteiger partial charge in [0.1, 0.15) is 5.84 Å². The van der Waals surface area contributed by atoms with E-state index in [9.17, 15) is 5.11 Å². The van der Waals surface area contributed by atoms with Crippen LogP contribution in [0.15, 0.2) is 53.7 Å². The first-order chi connectivity index (χ1) is 9.71. The van der Waals surface area contributed by atoms with E-state index in [1.807, 2.05) is 12.1 Å². The molecule has 2 N–H and O–H groups in total. The van der Waals surface area contributed by atoms with Gasteiger partial charge < -0.3 is 10.4 Å². The number of benzene rings is 1. The lowest BCUT2D eigenvalue weighted by molar-refractivity contribution is 0.147. The summed E-state index contributed by atoms with van der Waals surface area (Å²) < 4.78 is 0. The lowest BCUT2D eigenvalue weighted by Crippen LogP contribution is -2.44. The highest BCUT2D eigenvalue weighted by atomic mass is 35.5. The second-order valence-corrected chi connectivity index (χ2v) is 5.03. The van der Waals surface area contributed by atoms with Gasteiger partial charge in [0.25, 0.3) is 0 Å². The Labute approximate surface area is 122 Å². The van der Waals surface area contributed by atoms with Crippen molar-refractivity contribution < 1.29 is 5.11 Å². The first-order valence-corrected chi connectivity index (χ1v) is 6.78. The van der Waals surface area contributed by atoms with Crippen LogP contribution >= 0.6 is 11.6 Å². The molecule has 0 saturated heterocycles. The number of aromatic nitrogens is 1. The largest absolute Gasteiger partial charge is 0.372 e. The van der Waals surface area contributed by atoms with E-state index in [1.165, 1.54) is 0 Å². The Morgan fingerprint density at radius 1 is 1.15 bits per heavy atom. The van der Waals surface area contributed by atoms with Crippen LogP contribution in [0, 0.1) is 0 Å². The maximum absolute atomic E-state index is 11.2. The predicted octanol–water partition coefficient (Wildman–Crippen LogP) is 1.97. The maximum Gasteiger partial charge on any atom is 0.189 e. The van der Waals surface area contributed by atoms with E-state index in [1.54, 1.807) is 36.5 Å². The van der Waals surface area contributed by atoms with E-state index in [4.69, 9.17) is 11.6 Å². The zero-order chi connectivity index (χ0) is 14.0. The van der Waals surface area contributed by atoms with Gasteiger partial charge in [0.15, 0.2) is 5.60 Å². The number of aliphatic hydroxyl groups is 1. The first-order valence-electron chi connectivity index (χ1n) is 6.40. The summed E-state index contributed by atoms with van der Waals surface area (Å²) in [4.78, 5) is 8.66. The SMILES string of the molecule is O[C@@](C1=NCCN1)(c1ccc(Cl)cc1)c1ccccn1. The highest BCUT2D eigenvalue weighted by Crippen LogP contribution is 2.30. The quantitative estimate of drug-likeness (QED) is 0.907. The van der Waals surface area contributed by atoms with Crippen molar-refractivity contribution in [2.24, 2.45) is 4.99 Å². The Balaban J connectivity index is 2.15. The summed E-state index contributed by atoms with van der Waals surface area (Å²) in [7, 11) is 0. The zero-order valence-corrected chi connectivity index (χ0v) is 11.5. The topological polar surface area (TPSA) is 57.5 Å². The second kappa shape index (κ2) is 5.23. The average Bonchev–Trinajstić information content (AvgIpc) is 3.03. The van der Waals surface area contributed by atoms with Gasteiger partial charge in [-0.2, -0.15) is 0 Å². The molecule has 102 valence electrons. The van der Waals surface area contributed by atoms with Crippen LogP contribution in [0.4, 0.5) is 0 Å². The van der Waals surface area contributed by atoms with E-state index in [0.717, 1.165) is 6.54 Å². The number of hydrogen-bond donors (Lipinski definition) is 2. The molecule has 4 nitrogen and oxygen atoms in total. The number of halogens is 1. The number of nitrogens with zero attached hydrogens (tertiary/aromatic N) is 2. The summed E-state index contributed by atoms with van der Waals surface area (Å²) in [6, 6.07) is 12.5. The van der Waals surface area contributed by atoms with Gasteiger partial charge in [-0.25, -0.2) is 0 Å². The summed E-state index contributed by atoms with van der Waals surface area (Å²) in [5.41, 5.74) is -0.147. The van der Waals surface area contributed by atoms with Crippen LogP contribution in [0.25, 0.3) is 0 Å². The van der Waals surface area contributed by atoms with Crippen LogP contribution in [-0.4, -0.2) is 29.0 Å². The van der Waals surface area contributed by atoms with E-state index >= 15 is 0 Å². The molecule has 0 fully saturated rings. The monoisotopic (exact) mass is 287 g/mol. The number of aliphatic imine (C=N–C) groups is 1. The molecule has 1 atom stereocenters. The number of hydrogen-bond acceptors (Lipinski definition) is 4. The molecule has 0 aliphatic carbocycles. The third-order valence-electron chi connectivity index (χ3n) is 3.31. The lowest BCUT2D eigenvalue weighted by Gasteiger charge is -2.28. The summed E-state index contributed by atoms with van der Waals surface area (Å²) in [5, 5.41) is 15.0. The zero-order valence-electron chi connectivity index (χ0n) is 10.8. The molecule has 0 unspecified atom stereocenters. The number of amidine groups is 1. The van der Waals surface area contributed by atoms with E-state index < -0.39 is 5.60 Å². The number of rotatable bonds is 3. The van der Waals surface area contributed by atoms with Crippen molar-refractivity contribution in [2.45, 2.75) is 5.60 Å². The fourth-order valence-electron chi connectivity index (χ4n) is 2.31. The molecule has 1 aromatic carbocycles. The summed E-state index contributed by atoms with van der Waals surface area (Å²) in [5.74, 6) is 0.526. The molecule has 20 heavy (non-hydrogen) atoms. The van der Waals surface area contributed by atoms with Crippen LogP contribution in [0.3, 0.4) is 0 Å². The number of nitrogens with one attached hydrogen (secondary N) is 1. The van der Waals surface area contributed by atoms with Crippen molar-refractivity contribution in [3.8, 4) is 0 Å². The smallest absolute Gasteiger partial charge is 0.189 e. The average molecular weight is 288 g/mol. The van der Waals surface area contributed by atoms with Crippen LogP contribution in [-0.2, 0) is 5.60 Å². The van der Waals surface area contributed by atoms with Crippen molar-refractivity contribution in [2.75, 3.05) is 13.1 Å². The van der Waals surface area contributed by atoms with Crippen LogP contribution < -0.4 is 5.32 Å². The summed E-state index contributed by atoms with van der Waals surface area (Å²) in [6.07, 6.45) is 1.66. The molecule has 1 aliphatic heterocycles. The Morgan fingerprint density at radius 2 is 1.95 bits per heavy atom. The van der Waals surface area contributed by atoms with Gasteiger partial charge in [0, 0.05) is 17.8 Å². The Bertz CT molecular complexity index is 627. The maximum atomic E-state index is 11.2. The third-order valence-corrected chi connectivity index (χ3v) is 3.57. The summed E-state index contributed by atoms with van der Waals surface area (Å²) >= 11 is 5.92. The highest BCUT2D eigenvalue weighted by molar-refractivity contribution is 6.30. The molecule has 1 aliphatic rings. The van der Waals surface area contributed by atoms with E-state index in [2.05, 4.69) is 15.3 Å². The first kappa shape index (κ1) is 13.1. The molecule has 0 spiro atoms. The van der Waals surface area contributed by atoms with E-state index in [0.29, 0.717) is 28.7 Å². The minimum atomic E-state index is -1.37. The minimum absolute atomic E-state index is 0.526. The normalized spacial score (nSPS) is 17.2. The third kappa shape index (κ3) is 2.17. The molecular formula is C15H14ClN3O. The van der Waals surface area contributed by atoms with Crippen molar-refractivity contribution >= 4 is 17.4 Å². The van der Waals surface area contributed by atoms with Crippen molar-refractivity contribution in [3.63, 3.8) is 0 Å². The fourth-order valence-corrected chi connectivity index (χ4v) is 2.44. The molecule has 0 saturated carbocycles. The minimum Gasteiger partial charge on any atom is -0.372 e. The Kier molecular flexibility index (Phi) is 3.42. The number of pyridine rings is 1. The fraction of sp³-hybridized carbons (Fsp3) is 0.200. The van der Waals surface area contributed by atoms with Gasteiger partial charge in [0.05, 0.1) is 12.2 Å². The Hall–Kier alpha value is -1.91. The predicted molar refractivity (Wildman–Crippen MR) is 79.0 cm³/mol. The molecule has 0 amide bonds. The van der Waals surface area contributed by atoms with Gasteiger partial charge >= 0.3 is 0 Å². The molecule has 2 heterocycles. The standard InChI is InChI=1S/C15H14ClN3O/c16-12-6-4-11(5-7-12)15(20,14-18-9-10-19-14)13-3-1-2-8-17-13/h1-8,20H,9-10H2,(H,18,19)/t15-/m0/s1. The molecule has 3 rings (SSSR count). The van der Waals surface area contributed by atoms with Gasteiger partial charge in [-0.05, 0) is 29.8 Å². The van der Waals surface area contributed by atoms with Crippen LogP contribution in [0.2, 0.25) is 5.02 Å². The van der Waals surface area contributed by atoms with Gasteiger partial charge in [0.2, 0.25) is 0 Å². The second-order valence-electron chi connectivity index (χ2n) is 4.59. The molecule has 5 heteroatoms. The van der Waals surface area contributed by atoms with Gasteiger partial charge in [-0.15, -0.1) is 0 Å². The van der Waals surface area contributed by atoms with Crippen molar-refractivity contribution in [1.82, 2.24) is 10.3 Å². The van der Waals surface area contributed by atoms with E-state index in [-0.39, 0.29) is 0 Å². The molecule has 0 radical (unpaired) electrons.